The summed E-state index contributed by atoms with van der Waals surface area (Å²) in [5, 5.41) is 13.9. The molecule has 0 bridgehead atoms. The molecule has 0 radical (unpaired) electrons. The van der Waals surface area contributed by atoms with Crippen molar-refractivity contribution in [2.45, 2.75) is 12.7 Å². The van der Waals surface area contributed by atoms with Crippen LogP contribution in [-0.2, 0) is 17.5 Å². The molecule has 2 aromatic rings. The van der Waals surface area contributed by atoms with Gasteiger partial charge in [0.05, 0.1) is 23.2 Å². The molecule has 0 fully saturated rings. The predicted octanol–water partition coefficient (Wildman–Crippen LogP) is 4.01. The first-order valence-corrected chi connectivity index (χ1v) is 6.99. The topological polar surface area (TPSA) is 81.5 Å². The number of alkyl halides is 3. The van der Waals surface area contributed by atoms with E-state index in [4.69, 9.17) is 0 Å². The number of halogens is 3. The highest BCUT2D eigenvalue weighted by atomic mass is 19.4. The van der Waals surface area contributed by atoms with Gasteiger partial charge in [0, 0.05) is 12.6 Å². The molecule has 0 spiro atoms. The van der Waals surface area contributed by atoms with Crippen molar-refractivity contribution in [2.24, 2.45) is 0 Å². The number of anilines is 1. The number of para-hydroxylation sites is 1. The van der Waals surface area contributed by atoms with Crippen LogP contribution in [0, 0.1) is 10.1 Å². The van der Waals surface area contributed by atoms with E-state index in [9.17, 15) is 28.1 Å². The maximum Gasteiger partial charge on any atom is 0.416 e. The fourth-order valence-electron chi connectivity index (χ4n) is 2.16. The zero-order valence-corrected chi connectivity index (χ0v) is 13.0. The van der Waals surface area contributed by atoms with E-state index in [1.54, 1.807) is 0 Å². The number of esters is 1. The summed E-state index contributed by atoms with van der Waals surface area (Å²) in [5.74, 6) is -0.765. The number of methoxy groups -OCH3 is 1. The van der Waals surface area contributed by atoms with E-state index in [1.807, 2.05) is 0 Å². The van der Waals surface area contributed by atoms with Crippen molar-refractivity contribution in [3.8, 4) is 0 Å². The smallest absolute Gasteiger partial charge is 0.416 e. The number of benzene rings is 2. The fourth-order valence-corrected chi connectivity index (χ4v) is 2.16. The van der Waals surface area contributed by atoms with Gasteiger partial charge in [-0.15, -0.1) is 0 Å². The Labute approximate surface area is 140 Å². The van der Waals surface area contributed by atoms with Gasteiger partial charge in [-0.1, -0.05) is 18.2 Å². The molecule has 2 rings (SSSR count). The van der Waals surface area contributed by atoms with Gasteiger partial charge in [-0.3, -0.25) is 10.1 Å². The molecule has 0 atom stereocenters. The molecule has 2 aromatic carbocycles. The third-order valence-electron chi connectivity index (χ3n) is 3.40. The Morgan fingerprint density at radius 1 is 1.20 bits per heavy atom. The minimum absolute atomic E-state index is 0.00696. The van der Waals surface area contributed by atoms with Crippen LogP contribution < -0.4 is 5.32 Å². The Morgan fingerprint density at radius 2 is 1.84 bits per heavy atom. The highest BCUT2D eigenvalue weighted by molar-refractivity contribution is 5.98. The maximum absolute atomic E-state index is 12.6. The molecule has 0 aliphatic heterocycles. The molecule has 1 N–H and O–H groups in total. The first-order valence-electron chi connectivity index (χ1n) is 6.99. The summed E-state index contributed by atoms with van der Waals surface area (Å²) in [6.45, 7) is -0.00696. The van der Waals surface area contributed by atoms with Gasteiger partial charge < -0.3 is 10.1 Å². The van der Waals surface area contributed by atoms with Gasteiger partial charge >= 0.3 is 12.1 Å². The molecule has 0 unspecified atom stereocenters. The molecular weight excluding hydrogens is 341 g/mol. The van der Waals surface area contributed by atoms with Crippen LogP contribution in [-0.4, -0.2) is 18.0 Å². The maximum atomic E-state index is 12.6. The lowest BCUT2D eigenvalue weighted by Gasteiger charge is -2.12. The van der Waals surface area contributed by atoms with E-state index in [0.29, 0.717) is 5.56 Å². The van der Waals surface area contributed by atoms with Crippen LogP contribution in [0.25, 0.3) is 0 Å². The largest absolute Gasteiger partial charge is 0.465 e. The summed E-state index contributed by atoms with van der Waals surface area (Å²) >= 11 is 0. The number of carbonyl (C=O) groups excluding carboxylic acids is 1. The van der Waals surface area contributed by atoms with E-state index >= 15 is 0 Å². The Bertz CT molecular complexity index is 789. The fraction of sp³-hybridized carbons (Fsp3) is 0.188. The van der Waals surface area contributed by atoms with Crippen LogP contribution in [0.5, 0.6) is 0 Å². The van der Waals surface area contributed by atoms with Gasteiger partial charge in [0.15, 0.2) is 0 Å². The monoisotopic (exact) mass is 354 g/mol. The molecule has 0 heterocycles. The Kier molecular flexibility index (Phi) is 5.26. The molecule has 0 aromatic heterocycles. The highest BCUT2D eigenvalue weighted by Gasteiger charge is 2.30. The minimum atomic E-state index is -4.44. The average Bonchev–Trinajstić information content (AvgIpc) is 2.58. The number of nitrogens with one attached hydrogen (secondary N) is 1. The van der Waals surface area contributed by atoms with Crippen molar-refractivity contribution in [1.82, 2.24) is 0 Å². The molecular formula is C16H13F3N2O4. The van der Waals surface area contributed by atoms with E-state index in [0.717, 1.165) is 19.2 Å². The Hall–Kier alpha value is -3.10. The molecule has 6 nitrogen and oxygen atoms in total. The van der Waals surface area contributed by atoms with Crippen LogP contribution in [0.15, 0.2) is 42.5 Å². The second-order valence-electron chi connectivity index (χ2n) is 5.00. The number of nitro groups is 1. The molecule has 132 valence electrons. The quantitative estimate of drug-likeness (QED) is 0.498. The summed E-state index contributed by atoms with van der Waals surface area (Å²) < 4.78 is 42.2. The van der Waals surface area contributed by atoms with Gasteiger partial charge in [0.2, 0.25) is 0 Å². The summed E-state index contributed by atoms with van der Waals surface area (Å²) in [4.78, 5) is 22.2. The van der Waals surface area contributed by atoms with E-state index in [2.05, 4.69) is 10.1 Å². The molecule has 0 saturated heterocycles. The lowest BCUT2D eigenvalue weighted by Crippen LogP contribution is -2.11. The van der Waals surface area contributed by atoms with Crippen molar-refractivity contribution in [3.63, 3.8) is 0 Å². The summed E-state index contributed by atoms with van der Waals surface area (Å²) in [7, 11) is 1.14. The zero-order chi connectivity index (χ0) is 18.6. The lowest BCUT2D eigenvalue weighted by molar-refractivity contribution is -0.384. The SMILES string of the molecule is COC(=O)c1cccc([N+](=O)[O-])c1NCc1ccc(C(F)(F)F)cc1. The number of hydrogen-bond acceptors (Lipinski definition) is 5. The number of hydrogen-bond donors (Lipinski definition) is 1. The van der Waals surface area contributed by atoms with Crippen molar-refractivity contribution in [1.29, 1.82) is 0 Å². The van der Waals surface area contributed by atoms with Crippen molar-refractivity contribution < 1.29 is 27.6 Å². The minimum Gasteiger partial charge on any atom is -0.465 e. The molecule has 0 aliphatic rings. The Balaban J connectivity index is 2.27. The predicted molar refractivity (Wildman–Crippen MR) is 83.2 cm³/mol. The number of carbonyl (C=O) groups is 1. The number of nitrogens with zero attached hydrogens (tertiary/aromatic N) is 1. The Morgan fingerprint density at radius 3 is 2.36 bits per heavy atom. The lowest BCUT2D eigenvalue weighted by atomic mass is 10.1. The first kappa shape index (κ1) is 18.2. The van der Waals surface area contributed by atoms with E-state index in [-0.39, 0.29) is 23.5 Å². The van der Waals surface area contributed by atoms with Crippen LogP contribution in [0.3, 0.4) is 0 Å². The normalized spacial score (nSPS) is 11.0. The van der Waals surface area contributed by atoms with Gasteiger partial charge in [0.25, 0.3) is 5.69 Å². The highest BCUT2D eigenvalue weighted by Crippen LogP contribution is 2.31. The average molecular weight is 354 g/mol. The number of rotatable bonds is 5. The third kappa shape index (κ3) is 4.25. The number of ether oxygens (including phenoxy) is 1. The zero-order valence-electron chi connectivity index (χ0n) is 13.0. The molecule has 25 heavy (non-hydrogen) atoms. The van der Waals surface area contributed by atoms with Crippen LogP contribution in [0.1, 0.15) is 21.5 Å². The standard InChI is InChI=1S/C16H13F3N2O4/c1-25-15(22)12-3-2-4-13(21(23)24)14(12)20-9-10-5-7-11(8-6-10)16(17,18)19/h2-8,20H,9H2,1H3. The van der Waals surface area contributed by atoms with Gasteiger partial charge in [-0.05, 0) is 23.8 Å². The summed E-state index contributed by atoms with van der Waals surface area (Å²) in [5.41, 5.74) is -0.767. The number of nitro benzene ring substituents is 1. The van der Waals surface area contributed by atoms with Crippen molar-refractivity contribution in [3.05, 3.63) is 69.3 Å². The van der Waals surface area contributed by atoms with E-state index in [1.165, 1.54) is 30.3 Å². The molecule has 9 heteroatoms. The molecule has 0 aliphatic carbocycles. The van der Waals surface area contributed by atoms with Gasteiger partial charge in [-0.25, -0.2) is 4.79 Å². The van der Waals surface area contributed by atoms with E-state index < -0.39 is 22.6 Å². The molecule has 0 amide bonds. The second-order valence-corrected chi connectivity index (χ2v) is 5.00. The molecule has 0 saturated carbocycles. The third-order valence-corrected chi connectivity index (χ3v) is 3.40. The van der Waals surface area contributed by atoms with Crippen LogP contribution >= 0.6 is 0 Å². The first-order chi connectivity index (χ1) is 11.7. The van der Waals surface area contributed by atoms with Crippen molar-refractivity contribution in [2.75, 3.05) is 12.4 Å². The van der Waals surface area contributed by atoms with Crippen molar-refractivity contribution >= 4 is 17.3 Å². The summed E-state index contributed by atoms with van der Waals surface area (Å²) in [6.07, 6.45) is -4.44. The van der Waals surface area contributed by atoms with Gasteiger partial charge in [-0.2, -0.15) is 13.2 Å². The van der Waals surface area contributed by atoms with Crippen LogP contribution in [0.2, 0.25) is 0 Å². The summed E-state index contributed by atoms with van der Waals surface area (Å²) in [6, 6.07) is 8.24. The second kappa shape index (κ2) is 7.20. The van der Waals surface area contributed by atoms with Crippen LogP contribution in [0.4, 0.5) is 24.5 Å². The van der Waals surface area contributed by atoms with Gasteiger partial charge in [0.1, 0.15) is 5.69 Å².